The molecule has 1 aliphatic carbocycles. The Morgan fingerprint density at radius 3 is 1.22 bits per heavy atom. The van der Waals surface area contributed by atoms with Crippen molar-refractivity contribution in [2.45, 2.75) is 0 Å². The van der Waals surface area contributed by atoms with Crippen molar-refractivity contribution in [2.75, 3.05) is 0 Å². The fourth-order valence-electron chi connectivity index (χ4n) is 10.5. The van der Waals surface area contributed by atoms with Crippen molar-refractivity contribution in [3.8, 4) is 89.0 Å². The Morgan fingerprint density at radius 1 is 0.238 bits per heavy atom. The molecule has 12 aromatic rings. The molecular formula is C62H38S. The van der Waals surface area contributed by atoms with Crippen LogP contribution in [0.4, 0.5) is 0 Å². The highest BCUT2D eigenvalue weighted by atomic mass is 32.1. The normalized spacial score (nSPS) is 11.8. The molecule has 0 aliphatic heterocycles. The summed E-state index contributed by atoms with van der Waals surface area (Å²) in [5, 5.41) is 7.75. The molecule has 292 valence electrons. The van der Waals surface area contributed by atoms with Gasteiger partial charge in [-0.05, 0) is 129 Å². The van der Waals surface area contributed by atoms with E-state index in [1.165, 1.54) is 131 Å². The lowest BCUT2D eigenvalue weighted by atomic mass is 9.76. The molecule has 0 radical (unpaired) electrons. The number of rotatable bonds is 6. The van der Waals surface area contributed by atoms with E-state index in [9.17, 15) is 0 Å². The molecule has 13 rings (SSSR count). The lowest BCUT2D eigenvalue weighted by Gasteiger charge is -2.26. The van der Waals surface area contributed by atoms with Gasteiger partial charge in [0.2, 0.25) is 0 Å². The summed E-state index contributed by atoms with van der Waals surface area (Å²) in [6, 6.07) is 85.5. The first-order valence-electron chi connectivity index (χ1n) is 21.8. The van der Waals surface area contributed by atoms with Gasteiger partial charge in [-0.15, -0.1) is 11.3 Å². The molecule has 0 amide bonds. The highest BCUT2D eigenvalue weighted by molar-refractivity contribution is 7.26. The maximum absolute atomic E-state index is 2.45. The first-order chi connectivity index (χ1) is 31.3. The van der Waals surface area contributed by atoms with Crippen LogP contribution in [0, 0.1) is 0 Å². The fraction of sp³-hybridized carbons (Fsp3) is 0. The van der Waals surface area contributed by atoms with Crippen molar-refractivity contribution in [1.29, 1.82) is 0 Å². The molecule has 0 bridgehead atoms. The number of benzene rings is 11. The summed E-state index contributed by atoms with van der Waals surface area (Å²) in [6.07, 6.45) is 0. The third kappa shape index (κ3) is 5.60. The van der Waals surface area contributed by atoms with Crippen LogP contribution < -0.4 is 0 Å². The van der Waals surface area contributed by atoms with Crippen LogP contribution in [0.25, 0.3) is 131 Å². The van der Waals surface area contributed by atoms with E-state index in [-0.39, 0.29) is 0 Å². The van der Waals surface area contributed by atoms with Crippen molar-refractivity contribution >= 4 is 53.1 Å². The maximum atomic E-state index is 2.45. The van der Waals surface area contributed by atoms with Crippen LogP contribution in [0.3, 0.4) is 0 Å². The molecule has 0 N–H and O–H groups in total. The molecule has 0 saturated heterocycles. The van der Waals surface area contributed by atoms with E-state index < -0.39 is 0 Å². The summed E-state index contributed by atoms with van der Waals surface area (Å²) in [5.74, 6) is 0. The van der Waals surface area contributed by atoms with Gasteiger partial charge in [0, 0.05) is 25.7 Å². The van der Waals surface area contributed by atoms with Gasteiger partial charge in [0.1, 0.15) is 0 Å². The van der Waals surface area contributed by atoms with E-state index >= 15 is 0 Å². The van der Waals surface area contributed by atoms with E-state index in [4.69, 9.17) is 0 Å². The van der Waals surface area contributed by atoms with Crippen LogP contribution in [0.1, 0.15) is 0 Å². The van der Waals surface area contributed by atoms with Crippen molar-refractivity contribution in [1.82, 2.24) is 0 Å². The fourth-order valence-corrected chi connectivity index (χ4v) is 11.7. The van der Waals surface area contributed by atoms with Crippen LogP contribution in [0.15, 0.2) is 231 Å². The van der Waals surface area contributed by atoms with E-state index in [0.29, 0.717) is 0 Å². The first kappa shape index (κ1) is 35.9. The van der Waals surface area contributed by atoms with Gasteiger partial charge in [-0.25, -0.2) is 0 Å². The van der Waals surface area contributed by atoms with Crippen molar-refractivity contribution in [3.63, 3.8) is 0 Å². The predicted octanol–water partition coefficient (Wildman–Crippen LogP) is 18.0. The third-order valence-electron chi connectivity index (χ3n) is 13.2. The minimum absolute atomic E-state index is 1.21. The Labute approximate surface area is 370 Å². The van der Waals surface area contributed by atoms with Crippen molar-refractivity contribution < 1.29 is 0 Å². The van der Waals surface area contributed by atoms with Crippen LogP contribution in [0.5, 0.6) is 0 Å². The van der Waals surface area contributed by atoms with E-state index in [2.05, 4.69) is 231 Å². The molecule has 1 aliphatic rings. The van der Waals surface area contributed by atoms with Gasteiger partial charge in [-0.3, -0.25) is 0 Å². The summed E-state index contributed by atoms with van der Waals surface area (Å²) in [5.41, 5.74) is 20.0. The largest absolute Gasteiger partial charge is 0.135 e. The van der Waals surface area contributed by atoms with Crippen LogP contribution in [0.2, 0.25) is 0 Å². The smallest absolute Gasteiger partial charge is 0.0434 e. The Hall–Kier alpha value is -7.84. The zero-order valence-electron chi connectivity index (χ0n) is 34.3. The molecule has 63 heavy (non-hydrogen) atoms. The Balaban J connectivity index is 1.18. The molecule has 0 saturated carbocycles. The highest BCUT2D eigenvalue weighted by Gasteiger charge is 2.34. The van der Waals surface area contributed by atoms with Gasteiger partial charge in [0.05, 0.1) is 0 Å². The Kier molecular flexibility index (Phi) is 8.19. The summed E-state index contributed by atoms with van der Waals surface area (Å²) < 4.78 is 2.64. The third-order valence-corrected chi connectivity index (χ3v) is 14.4. The number of hydrogen-bond acceptors (Lipinski definition) is 1. The monoisotopic (exact) mass is 814 g/mol. The second kappa shape index (κ2) is 14.4. The van der Waals surface area contributed by atoms with Gasteiger partial charge >= 0.3 is 0 Å². The summed E-state index contributed by atoms with van der Waals surface area (Å²) in [7, 11) is 0. The van der Waals surface area contributed by atoms with E-state index in [1.54, 1.807) is 0 Å². The topological polar surface area (TPSA) is 0 Å². The van der Waals surface area contributed by atoms with E-state index in [1.807, 2.05) is 11.3 Å². The van der Waals surface area contributed by atoms with Gasteiger partial charge in [0.25, 0.3) is 0 Å². The molecule has 0 spiro atoms. The average molecular weight is 815 g/mol. The second-order valence-corrected chi connectivity index (χ2v) is 17.7. The lowest BCUT2D eigenvalue weighted by Crippen LogP contribution is -1.99. The molecule has 1 heterocycles. The molecule has 0 atom stereocenters. The molecule has 0 fully saturated rings. The molecule has 1 heteroatoms. The number of fused-ring (bicyclic) bond motifs is 7. The summed E-state index contributed by atoms with van der Waals surface area (Å²) >= 11 is 1.92. The minimum atomic E-state index is 1.21. The standard InChI is InChI=1S/C62H38S/c1-6-19-39(20-7-1)46-36-52(62-53(37-46)51-35-44-29-16-17-30-45(44)38-54(51)63-62)47-33-34-50-59-48(47)31-18-32-49(59)60-57(42-25-12-4-13-26-42)55(40-21-8-2-9-22-40)56(41-23-10-3-11-24-41)58(61(50)60)43-27-14-5-15-28-43/h1-38H. The van der Waals surface area contributed by atoms with E-state index in [0.717, 1.165) is 0 Å². The Morgan fingerprint density at radius 2 is 0.683 bits per heavy atom. The molecule has 1 aromatic heterocycles. The average Bonchev–Trinajstić information content (AvgIpc) is 3.89. The number of thiophene rings is 1. The van der Waals surface area contributed by atoms with Crippen LogP contribution >= 0.6 is 11.3 Å². The summed E-state index contributed by atoms with van der Waals surface area (Å²) in [6.45, 7) is 0. The van der Waals surface area contributed by atoms with Gasteiger partial charge in [-0.1, -0.05) is 206 Å². The molecular weight excluding hydrogens is 777 g/mol. The SMILES string of the molecule is c1ccc(-c2cc(-c3ccc4c5c(cccc35)-c3c(-c5ccccc5)c(-c5ccccc5)c(-c5ccccc5)c(-c5ccccc5)c3-4)c3sc4cc5ccccc5cc4c3c2)cc1. The Bertz CT molecular complexity index is 3620. The molecule has 0 unspecified atom stereocenters. The van der Waals surface area contributed by atoms with Crippen LogP contribution in [-0.4, -0.2) is 0 Å². The zero-order valence-corrected chi connectivity index (χ0v) is 35.2. The first-order valence-corrected chi connectivity index (χ1v) is 22.6. The summed E-state index contributed by atoms with van der Waals surface area (Å²) in [4.78, 5) is 0. The van der Waals surface area contributed by atoms with Crippen molar-refractivity contribution in [2.24, 2.45) is 0 Å². The number of hydrogen-bond donors (Lipinski definition) is 0. The maximum Gasteiger partial charge on any atom is 0.0434 e. The predicted molar refractivity (Wildman–Crippen MR) is 271 cm³/mol. The van der Waals surface area contributed by atoms with Gasteiger partial charge in [-0.2, -0.15) is 0 Å². The van der Waals surface area contributed by atoms with Gasteiger partial charge < -0.3 is 0 Å². The van der Waals surface area contributed by atoms with Crippen LogP contribution in [-0.2, 0) is 0 Å². The second-order valence-electron chi connectivity index (χ2n) is 16.7. The minimum Gasteiger partial charge on any atom is -0.135 e. The quantitative estimate of drug-likeness (QED) is 0.157. The zero-order chi connectivity index (χ0) is 41.4. The highest BCUT2D eigenvalue weighted by Crippen LogP contribution is 2.61. The molecule has 0 nitrogen and oxygen atoms in total. The lowest BCUT2D eigenvalue weighted by molar-refractivity contribution is 1.54. The van der Waals surface area contributed by atoms with Crippen molar-refractivity contribution in [3.05, 3.63) is 231 Å². The van der Waals surface area contributed by atoms with Gasteiger partial charge in [0.15, 0.2) is 0 Å². The molecule has 11 aromatic carbocycles.